The molecule has 128 valence electrons. The van der Waals surface area contributed by atoms with Gasteiger partial charge < -0.3 is 4.74 Å². The van der Waals surface area contributed by atoms with E-state index in [1.807, 2.05) is 24.3 Å². The minimum absolute atomic E-state index is 0.143. The van der Waals surface area contributed by atoms with Gasteiger partial charge in [-0.25, -0.2) is 0 Å². The fourth-order valence-corrected chi connectivity index (χ4v) is 6.48. The zero-order chi connectivity index (χ0) is 17.8. The van der Waals surface area contributed by atoms with Crippen molar-refractivity contribution in [2.24, 2.45) is 0 Å². The molecule has 2 nitrogen and oxygen atoms in total. The lowest BCUT2D eigenvalue weighted by Gasteiger charge is -2.32. The first-order valence-corrected chi connectivity index (χ1v) is 12.6. The van der Waals surface area contributed by atoms with Gasteiger partial charge in [0.25, 0.3) is 0 Å². The van der Waals surface area contributed by atoms with Crippen LogP contribution < -0.4 is 5.19 Å². The number of halogens is 1. The van der Waals surface area contributed by atoms with Crippen molar-refractivity contribution in [3.05, 3.63) is 64.2 Å². The fraction of sp³-hybridized carbons (Fsp3) is 0.286. The molecule has 2 aromatic carbocycles. The summed E-state index contributed by atoms with van der Waals surface area (Å²) in [5, 5.41) is 1.26. The number of hydrogen-bond acceptors (Lipinski definition) is 2. The normalized spacial score (nSPS) is 19.0. The largest absolute Gasteiger partial charge is 0.376 e. The summed E-state index contributed by atoms with van der Waals surface area (Å²) >= 11 is 5.87. The molecule has 2 aromatic rings. The van der Waals surface area contributed by atoms with Crippen molar-refractivity contribution in [2.45, 2.75) is 32.2 Å². The summed E-state index contributed by atoms with van der Waals surface area (Å²) in [7, 11) is -1.76. The lowest BCUT2D eigenvalue weighted by Crippen LogP contribution is -2.45. The molecule has 1 aliphatic carbocycles. The molecular formula is C21H21ClO2Si. The number of ether oxygens (including phenoxy) is 1. The second-order valence-electron chi connectivity index (χ2n) is 7.81. The molecule has 0 fully saturated rings. The molecule has 0 radical (unpaired) electrons. The maximum atomic E-state index is 13.2. The molecule has 0 N–H and O–H groups in total. The van der Waals surface area contributed by atoms with Gasteiger partial charge in [-0.1, -0.05) is 61.6 Å². The zero-order valence-corrected chi connectivity index (χ0v) is 16.5. The third-order valence-electron chi connectivity index (χ3n) is 5.16. The van der Waals surface area contributed by atoms with E-state index in [0.29, 0.717) is 13.2 Å². The molecule has 0 spiro atoms. The average Bonchev–Trinajstić information content (AvgIpc) is 2.86. The molecule has 25 heavy (non-hydrogen) atoms. The summed E-state index contributed by atoms with van der Waals surface area (Å²) in [6.07, 6.45) is 1.99. The summed E-state index contributed by atoms with van der Waals surface area (Å²) in [5.41, 5.74) is 7.94. The Kier molecular flexibility index (Phi) is 3.98. The van der Waals surface area contributed by atoms with E-state index in [1.165, 1.54) is 16.3 Å². The molecule has 1 heterocycles. The Morgan fingerprint density at radius 2 is 1.88 bits per heavy atom. The highest BCUT2D eigenvalue weighted by atomic mass is 35.5. The van der Waals surface area contributed by atoms with E-state index in [0.717, 1.165) is 22.3 Å². The lowest BCUT2D eigenvalue weighted by molar-refractivity contribution is 0.101. The molecule has 0 saturated heterocycles. The van der Waals surface area contributed by atoms with E-state index >= 15 is 0 Å². The van der Waals surface area contributed by atoms with Crippen molar-refractivity contribution in [1.29, 1.82) is 0 Å². The van der Waals surface area contributed by atoms with Crippen molar-refractivity contribution < 1.29 is 9.53 Å². The molecule has 4 rings (SSSR count). The van der Waals surface area contributed by atoms with Crippen molar-refractivity contribution >= 4 is 30.6 Å². The molecule has 0 saturated carbocycles. The van der Waals surface area contributed by atoms with Gasteiger partial charge in [0.1, 0.15) is 0 Å². The minimum atomic E-state index is -1.76. The van der Waals surface area contributed by atoms with Gasteiger partial charge in [0.05, 0.1) is 21.3 Å². The van der Waals surface area contributed by atoms with Crippen LogP contribution in [0, 0.1) is 0 Å². The number of hydrogen-bond donors (Lipinski definition) is 0. The maximum Gasteiger partial charge on any atom is 0.194 e. The number of fused-ring (bicyclic) bond motifs is 4. The van der Waals surface area contributed by atoms with Gasteiger partial charge in [0, 0.05) is 22.6 Å². The summed E-state index contributed by atoms with van der Waals surface area (Å²) in [6, 6.07) is 10.2. The fourth-order valence-electron chi connectivity index (χ4n) is 4.18. The van der Waals surface area contributed by atoms with Crippen LogP contribution in [0.3, 0.4) is 0 Å². The number of carbonyl (C=O) groups excluding carboxylic acids is 1. The summed E-state index contributed by atoms with van der Waals surface area (Å²) in [6.45, 7) is 8.13. The SMILES string of the molecule is C[Si](C)(C)c1c2c(cc3c1C(=O)c1ccccc1-3)C(/C=C\Cl)COC2. The van der Waals surface area contributed by atoms with Crippen LogP contribution in [-0.2, 0) is 11.3 Å². The van der Waals surface area contributed by atoms with Gasteiger partial charge in [-0.15, -0.1) is 0 Å². The quantitative estimate of drug-likeness (QED) is 0.607. The molecule has 1 unspecified atom stereocenters. The second kappa shape index (κ2) is 5.94. The van der Waals surface area contributed by atoms with Crippen molar-refractivity contribution in [2.75, 3.05) is 6.61 Å². The topological polar surface area (TPSA) is 26.3 Å². The van der Waals surface area contributed by atoms with Gasteiger partial charge in [-0.3, -0.25) is 4.79 Å². The molecule has 4 heteroatoms. The molecule has 0 aromatic heterocycles. The Labute approximate surface area is 154 Å². The van der Waals surface area contributed by atoms with Crippen molar-refractivity contribution in [3.63, 3.8) is 0 Å². The van der Waals surface area contributed by atoms with E-state index in [2.05, 4.69) is 31.8 Å². The summed E-state index contributed by atoms with van der Waals surface area (Å²) in [5.74, 6) is 0.311. The number of carbonyl (C=O) groups is 1. The summed E-state index contributed by atoms with van der Waals surface area (Å²) in [4.78, 5) is 13.2. The zero-order valence-electron chi connectivity index (χ0n) is 14.7. The van der Waals surface area contributed by atoms with Crippen LogP contribution in [0.1, 0.15) is 33.0 Å². The van der Waals surface area contributed by atoms with E-state index in [-0.39, 0.29) is 11.7 Å². The van der Waals surface area contributed by atoms with Gasteiger partial charge in [-0.2, -0.15) is 0 Å². The van der Waals surface area contributed by atoms with E-state index < -0.39 is 8.07 Å². The predicted molar refractivity (Wildman–Crippen MR) is 106 cm³/mol. The first-order valence-electron chi connectivity index (χ1n) is 8.62. The Morgan fingerprint density at radius 1 is 1.16 bits per heavy atom. The van der Waals surface area contributed by atoms with Crippen molar-refractivity contribution in [1.82, 2.24) is 0 Å². The molecule has 1 atom stereocenters. The van der Waals surface area contributed by atoms with Crippen molar-refractivity contribution in [3.8, 4) is 11.1 Å². The van der Waals surface area contributed by atoms with Gasteiger partial charge in [0.2, 0.25) is 0 Å². The van der Waals surface area contributed by atoms with Crippen LogP contribution in [-0.4, -0.2) is 20.5 Å². The van der Waals surface area contributed by atoms with Gasteiger partial charge in [-0.05, 0) is 33.5 Å². The van der Waals surface area contributed by atoms with Crippen LogP contribution in [0.25, 0.3) is 11.1 Å². The van der Waals surface area contributed by atoms with E-state index in [9.17, 15) is 4.79 Å². The highest BCUT2D eigenvalue weighted by molar-refractivity contribution is 6.90. The van der Waals surface area contributed by atoms with Crippen LogP contribution >= 0.6 is 11.6 Å². The number of rotatable bonds is 2. The summed E-state index contributed by atoms with van der Waals surface area (Å²) < 4.78 is 5.87. The molecule has 1 aliphatic heterocycles. The van der Waals surface area contributed by atoms with Crippen LogP contribution in [0.4, 0.5) is 0 Å². The van der Waals surface area contributed by atoms with Crippen LogP contribution in [0.5, 0.6) is 0 Å². The third-order valence-corrected chi connectivity index (χ3v) is 7.35. The van der Waals surface area contributed by atoms with E-state index in [1.54, 1.807) is 5.54 Å². The second-order valence-corrected chi connectivity index (χ2v) is 13.1. The monoisotopic (exact) mass is 368 g/mol. The Morgan fingerprint density at radius 3 is 2.56 bits per heavy atom. The van der Waals surface area contributed by atoms with Crippen LogP contribution in [0.15, 0.2) is 41.9 Å². The maximum absolute atomic E-state index is 13.2. The van der Waals surface area contributed by atoms with E-state index in [4.69, 9.17) is 16.3 Å². The number of ketones is 1. The van der Waals surface area contributed by atoms with Gasteiger partial charge >= 0.3 is 0 Å². The molecule has 2 aliphatic rings. The standard InChI is InChI=1S/C21H21ClO2Si/c1-25(2,3)21-18-12-24-11-13(8-9-22)16(18)10-17-14-6-4-5-7-15(14)20(23)19(17)21/h4-10,13H,11-12H2,1-3H3/b9-8-. The molecular weight excluding hydrogens is 348 g/mol. The number of benzene rings is 2. The molecule has 0 bridgehead atoms. The van der Waals surface area contributed by atoms with Gasteiger partial charge in [0.15, 0.2) is 5.78 Å². The molecule has 0 amide bonds. The predicted octanol–water partition coefficient (Wildman–Crippen LogP) is 4.81. The third kappa shape index (κ3) is 2.53. The Hall–Kier alpha value is -1.68. The Bertz CT molecular complexity index is 909. The lowest BCUT2D eigenvalue weighted by atomic mass is 9.88. The highest BCUT2D eigenvalue weighted by Crippen LogP contribution is 2.41. The smallest absolute Gasteiger partial charge is 0.194 e. The Balaban J connectivity index is 2.09. The first kappa shape index (κ1) is 16.8. The average molecular weight is 369 g/mol. The minimum Gasteiger partial charge on any atom is -0.376 e. The highest BCUT2D eigenvalue weighted by Gasteiger charge is 2.38. The van der Waals surface area contributed by atoms with Crippen LogP contribution in [0.2, 0.25) is 19.6 Å². The first-order chi connectivity index (χ1) is 11.9.